The molecule has 4 nitrogen and oxygen atoms in total. The summed E-state index contributed by atoms with van der Waals surface area (Å²) in [5.74, 6) is 0. The minimum absolute atomic E-state index is 1.00. The molecular weight excluding hydrogens is 332 g/mol. The first-order valence-corrected chi connectivity index (χ1v) is 9.52. The number of hydrogen-bond donors (Lipinski definition) is 1. The van der Waals surface area contributed by atoms with E-state index < -0.39 is 0 Å². The highest BCUT2D eigenvalue weighted by Crippen LogP contribution is 2.38. The van der Waals surface area contributed by atoms with Crippen LogP contribution in [-0.2, 0) is 12.8 Å². The van der Waals surface area contributed by atoms with E-state index in [0.717, 1.165) is 35.3 Å². The Kier molecular flexibility index (Phi) is 3.09. The summed E-state index contributed by atoms with van der Waals surface area (Å²) in [4.78, 5) is 9.90. The predicted octanol–water partition coefficient (Wildman–Crippen LogP) is 5.21. The topological polar surface area (TPSA) is 54.5 Å². The van der Waals surface area contributed by atoms with Gasteiger partial charge in [0.15, 0.2) is 0 Å². The third kappa shape index (κ3) is 2.13. The summed E-state index contributed by atoms with van der Waals surface area (Å²) in [5, 5.41) is 12.2. The van der Waals surface area contributed by atoms with Gasteiger partial charge in [0.1, 0.15) is 0 Å². The maximum Gasteiger partial charge on any atom is 0.0967 e. The predicted molar refractivity (Wildman–Crippen MR) is 109 cm³/mol. The van der Waals surface area contributed by atoms with Crippen molar-refractivity contribution < 1.29 is 0 Å². The van der Waals surface area contributed by atoms with Crippen LogP contribution in [0, 0.1) is 0 Å². The summed E-state index contributed by atoms with van der Waals surface area (Å²) < 4.78 is 0. The van der Waals surface area contributed by atoms with E-state index in [2.05, 4.69) is 52.7 Å². The zero-order valence-electron chi connectivity index (χ0n) is 14.9. The Balaban J connectivity index is 1.76. The second-order valence-corrected chi connectivity index (χ2v) is 7.30. The first-order valence-electron chi connectivity index (χ1n) is 9.52. The molecule has 6 rings (SSSR count). The van der Waals surface area contributed by atoms with Crippen LogP contribution in [0.4, 0.5) is 0 Å². The Hall–Kier alpha value is -3.27. The van der Waals surface area contributed by atoms with Gasteiger partial charge in [-0.05, 0) is 60.4 Å². The van der Waals surface area contributed by atoms with E-state index in [4.69, 9.17) is 9.97 Å². The third-order valence-corrected chi connectivity index (χ3v) is 5.79. The Morgan fingerprint density at radius 2 is 1.70 bits per heavy atom. The van der Waals surface area contributed by atoms with E-state index in [1.165, 1.54) is 45.5 Å². The summed E-state index contributed by atoms with van der Waals surface area (Å²) >= 11 is 0. The molecule has 0 saturated heterocycles. The quantitative estimate of drug-likeness (QED) is 0.452. The van der Waals surface area contributed by atoms with Gasteiger partial charge >= 0.3 is 0 Å². The molecule has 0 saturated carbocycles. The van der Waals surface area contributed by atoms with Crippen LogP contribution < -0.4 is 0 Å². The van der Waals surface area contributed by atoms with E-state index in [9.17, 15) is 0 Å². The van der Waals surface area contributed by atoms with Crippen LogP contribution in [0.1, 0.15) is 24.0 Å². The van der Waals surface area contributed by atoms with Gasteiger partial charge in [-0.2, -0.15) is 5.10 Å². The molecular formula is C23H18N4. The maximum absolute atomic E-state index is 5.13. The number of rotatable bonds is 1. The SMILES string of the molecule is c1ccc2c(-c3nc4ccc5[nH]ncc5c4c4c3CCCC4)nccc2c1. The van der Waals surface area contributed by atoms with Crippen molar-refractivity contribution in [1.82, 2.24) is 20.2 Å². The van der Waals surface area contributed by atoms with Gasteiger partial charge in [0.25, 0.3) is 0 Å². The molecule has 0 spiro atoms. The van der Waals surface area contributed by atoms with E-state index in [0.29, 0.717) is 0 Å². The van der Waals surface area contributed by atoms with Gasteiger partial charge in [-0.3, -0.25) is 10.1 Å². The highest BCUT2D eigenvalue weighted by molar-refractivity contribution is 6.08. The van der Waals surface area contributed by atoms with Crippen molar-refractivity contribution in [1.29, 1.82) is 0 Å². The number of fused-ring (bicyclic) bond motifs is 6. The van der Waals surface area contributed by atoms with Crippen molar-refractivity contribution >= 4 is 32.6 Å². The summed E-state index contributed by atoms with van der Waals surface area (Å²) in [6.07, 6.45) is 8.42. The summed E-state index contributed by atoms with van der Waals surface area (Å²) in [5.41, 5.74) is 6.97. The number of nitrogens with zero attached hydrogens (tertiary/aromatic N) is 3. The molecule has 0 bridgehead atoms. The molecule has 27 heavy (non-hydrogen) atoms. The smallest absolute Gasteiger partial charge is 0.0967 e. The molecule has 0 amide bonds. The molecule has 2 aromatic carbocycles. The fourth-order valence-electron chi connectivity index (χ4n) is 4.55. The van der Waals surface area contributed by atoms with Gasteiger partial charge in [-0.1, -0.05) is 24.3 Å². The lowest BCUT2D eigenvalue weighted by molar-refractivity contribution is 0.689. The highest BCUT2D eigenvalue weighted by atomic mass is 15.1. The maximum atomic E-state index is 5.13. The Labute approximate surface area is 156 Å². The highest BCUT2D eigenvalue weighted by Gasteiger charge is 2.22. The van der Waals surface area contributed by atoms with Gasteiger partial charge < -0.3 is 0 Å². The zero-order valence-corrected chi connectivity index (χ0v) is 14.9. The molecule has 1 aliphatic carbocycles. The molecule has 0 atom stereocenters. The van der Waals surface area contributed by atoms with Crippen LogP contribution in [-0.4, -0.2) is 20.2 Å². The van der Waals surface area contributed by atoms with Crippen molar-refractivity contribution in [2.24, 2.45) is 0 Å². The summed E-state index contributed by atoms with van der Waals surface area (Å²) in [7, 11) is 0. The average molecular weight is 350 g/mol. The second kappa shape index (κ2) is 5.61. The molecule has 0 fully saturated rings. The molecule has 5 aromatic rings. The number of pyridine rings is 2. The number of hydrogen-bond acceptors (Lipinski definition) is 3. The van der Waals surface area contributed by atoms with Gasteiger partial charge in [-0.15, -0.1) is 0 Å². The van der Waals surface area contributed by atoms with Crippen molar-refractivity contribution in [2.75, 3.05) is 0 Å². The van der Waals surface area contributed by atoms with Crippen LogP contribution >= 0.6 is 0 Å². The van der Waals surface area contributed by atoms with Crippen LogP contribution in [0.5, 0.6) is 0 Å². The van der Waals surface area contributed by atoms with Gasteiger partial charge in [-0.25, -0.2) is 4.98 Å². The molecule has 0 aliphatic heterocycles. The third-order valence-electron chi connectivity index (χ3n) is 5.79. The fraction of sp³-hybridized carbons (Fsp3) is 0.174. The van der Waals surface area contributed by atoms with Crippen LogP contribution in [0.15, 0.2) is 54.9 Å². The van der Waals surface area contributed by atoms with Crippen molar-refractivity contribution in [3.05, 3.63) is 66.0 Å². The van der Waals surface area contributed by atoms with Crippen LogP contribution in [0.2, 0.25) is 0 Å². The minimum Gasteiger partial charge on any atom is -0.278 e. The molecule has 0 radical (unpaired) electrons. The van der Waals surface area contributed by atoms with Gasteiger partial charge in [0.2, 0.25) is 0 Å². The van der Waals surface area contributed by atoms with E-state index >= 15 is 0 Å². The number of benzene rings is 2. The monoisotopic (exact) mass is 350 g/mol. The molecule has 0 unspecified atom stereocenters. The first kappa shape index (κ1) is 14.9. The van der Waals surface area contributed by atoms with Crippen LogP contribution in [0.25, 0.3) is 44.0 Å². The van der Waals surface area contributed by atoms with E-state index in [1.54, 1.807) is 0 Å². The fourth-order valence-corrected chi connectivity index (χ4v) is 4.55. The lowest BCUT2D eigenvalue weighted by atomic mass is 9.86. The molecule has 1 N–H and O–H groups in total. The average Bonchev–Trinajstić information content (AvgIpc) is 3.21. The minimum atomic E-state index is 1.00. The van der Waals surface area contributed by atoms with E-state index in [-0.39, 0.29) is 0 Å². The standard InChI is InChI=1S/C23H18N4/c1-2-6-15-14(5-1)11-12-24-22(15)23-17-8-4-3-7-16(17)21-18-13-25-27-19(18)9-10-20(21)26-23/h1-2,5-6,9-13H,3-4,7-8H2,(H,25,27). The number of aromatic nitrogens is 4. The number of aromatic amines is 1. The van der Waals surface area contributed by atoms with E-state index in [1.807, 2.05) is 12.4 Å². The van der Waals surface area contributed by atoms with Gasteiger partial charge in [0, 0.05) is 22.4 Å². The Bertz CT molecular complexity index is 1330. The van der Waals surface area contributed by atoms with Crippen molar-refractivity contribution in [2.45, 2.75) is 25.7 Å². The Morgan fingerprint density at radius 3 is 2.67 bits per heavy atom. The van der Waals surface area contributed by atoms with Crippen molar-refractivity contribution in [3.8, 4) is 11.4 Å². The second-order valence-electron chi connectivity index (χ2n) is 7.30. The Morgan fingerprint density at radius 1 is 0.815 bits per heavy atom. The molecule has 1 aliphatic rings. The zero-order chi connectivity index (χ0) is 17.8. The largest absolute Gasteiger partial charge is 0.278 e. The number of H-pyrrole nitrogens is 1. The lowest BCUT2D eigenvalue weighted by Gasteiger charge is -2.22. The van der Waals surface area contributed by atoms with Crippen molar-refractivity contribution in [3.63, 3.8) is 0 Å². The van der Waals surface area contributed by atoms with Gasteiger partial charge in [0.05, 0.1) is 28.6 Å². The number of nitrogens with one attached hydrogen (secondary N) is 1. The van der Waals surface area contributed by atoms with Crippen LogP contribution in [0.3, 0.4) is 0 Å². The molecule has 3 aromatic heterocycles. The lowest BCUT2D eigenvalue weighted by Crippen LogP contribution is -2.08. The molecule has 4 heteroatoms. The summed E-state index contributed by atoms with van der Waals surface area (Å²) in [6, 6.07) is 14.7. The molecule has 130 valence electrons. The first-order chi connectivity index (χ1) is 13.4. The molecule has 3 heterocycles. The normalized spacial score (nSPS) is 14.1. The number of aryl methyl sites for hydroxylation is 1. The summed E-state index contributed by atoms with van der Waals surface area (Å²) in [6.45, 7) is 0.